The lowest BCUT2D eigenvalue weighted by atomic mass is 10.0. The van der Waals surface area contributed by atoms with Gasteiger partial charge in [0.15, 0.2) is 5.65 Å². The maximum absolute atomic E-state index is 14.4. The van der Waals surface area contributed by atoms with Crippen LogP contribution in [0.2, 0.25) is 0 Å². The largest absolute Gasteiger partial charge is 0.366 e. The van der Waals surface area contributed by atoms with Crippen LogP contribution < -0.4 is 16.1 Å². The van der Waals surface area contributed by atoms with Crippen LogP contribution in [0.1, 0.15) is 22.8 Å². The molecule has 0 fully saturated rings. The summed E-state index contributed by atoms with van der Waals surface area (Å²) in [6.45, 7) is 3.28. The predicted octanol–water partition coefficient (Wildman–Crippen LogP) is 2.89. The van der Waals surface area contributed by atoms with Crippen LogP contribution in [-0.4, -0.2) is 46.4 Å². The lowest BCUT2D eigenvalue weighted by Gasteiger charge is -2.12. The second-order valence-electron chi connectivity index (χ2n) is 7.57. The molecule has 0 radical (unpaired) electrons. The van der Waals surface area contributed by atoms with Gasteiger partial charge >= 0.3 is 0 Å². The van der Waals surface area contributed by atoms with Gasteiger partial charge in [-0.3, -0.25) is 4.79 Å². The van der Waals surface area contributed by atoms with E-state index in [2.05, 4.69) is 27.6 Å². The molecule has 0 saturated carbocycles. The second-order valence-corrected chi connectivity index (χ2v) is 8.97. The number of thioether (sulfide) groups is 1. The van der Waals surface area contributed by atoms with Gasteiger partial charge in [-0.2, -0.15) is 21.4 Å². The highest BCUT2D eigenvalue weighted by molar-refractivity contribution is 7.99. The summed E-state index contributed by atoms with van der Waals surface area (Å²) in [4.78, 5) is 16.9. The molecule has 0 atom stereocenters. The molecular weight excluding hydrogens is 436 g/mol. The van der Waals surface area contributed by atoms with Gasteiger partial charge in [-0.1, -0.05) is 31.2 Å². The zero-order chi connectivity index (χ0) is 23.2. The van der Waals surface area contributed by atoms with Crippen LogP contribution in [0.3, 0.4) is 0 Å². The van der Waals surface area contributed by atoms with Gasteiger partial charge in [0.2, 0.25) is 0 Å². The fraction of sp³-hybridized carbons (Fsp3) is 0.208. The van der Waals surface area contributed by atoms with Gasteiger partial charge in [-0.15, -0.1) is 0 Å². The number of fused-ring (bicyclic) bond motifs is 1. The monoisotopic (exact) mass is 461 g/mol. The third kappa shape index (κ3) is 5.36. The molecule has 0 aliphatic rings. The lowest BCUT2D eigenvalue weighted by molar-refractivity contribution is 0.0956. The van der Waals surface area contributed by atoms with Crippen molar-refractivity contribution in [2.45, 2.75) is 13.5 Å². The lowest BCUT2D eigenvalue weighted by Crippen LogP contribution is -2.25. The highest BCUT2D eigenvalue weighted by atomic mass is 32.2. The number of halogens is 1. The van der Waals surface area contributed by atoms with E-state index in [1.54, 1.807) is 46.7 Å². The Bertz CT molecular complexity index is 1260. The molecule has 4 rings (SSSR count). The van der Waals surface area contributed by atoms with E-state index in [9.17, 15) is 9.18 Å². The number of hydrogen-bond donors (Lipinski definition) is 2. The molecule has 2 aromatic heterocycles. The molecule has 0 spiro atoms. The first-order valence-corrected chi connectivity index (χ1v) is 12.0. The van der Waals surface area contributed by atoms with Gasteiger partial charge in [0.25, 0.3) is 5.91 Å². The molecular formula is C24H25BFN5OS. The van der Waals surface area contributed by atoms with E-state index in [1.165, 1.54) is 6.07 Å². The summed E-state index contributed by atoms with van der Waals surface area (Å²) in [5.74, 6) is 2.28. The van der Waals surface area contributed by atoms with Gasteiger partial charge in [0, 0.05) is 42.2 Å². The summed E-state index contributed by atoms with van der Waals surface area (Å²) in [6, 6.07) is 15.9. The summed E-state index contributed by atoms with van der Waals surface area (Å²) in [7, 11) is 1.93. The average Bonchev–Trinajstić information content (AvgIpc) is 3.21. The average molecular weight is 461 g/mol. The van der Waals surface area contributed by atoms with E-state index in [0.29, 0.717) is 41.4 Å². The van der Waals surface area contributed by atoms with Crippen molar-refractivity contribution in [1.29, 1.82) is 0 Å². The number of rotatable bonds is 9. The van der Waals surface area contributed by atoms with Gasteiger partial charge in [0.05, 0.1) is 5.69 Å². The number of benzene rings is 2. The fourth-order valence-corrected chi connectivity index (χ4v) is 3.99. The molecule has 9 heteroatoms. The van der Waals surface area contributed by atoms with Crippen LogP contribution in [0, 0.1) is 5.82 Å². The van der Waals surface area contributed by atoms with E-state index in [0.717, 1.165) is 22.5 Å². The third-order valence-corrected chi connectivity index (χ3v) is 6.12. The summed E-state index contributed by atoms with van der Waals surface area (Å²) in [5, 5.41) is 10.7. The zero-order valence-electron chi connectivity index (χ0n) is 18.6. The summed E-state index contributed by atoms with van der Waals surface area (Å²) >= 11 is 1.80. The Hall–Kier alpha value is -3.33. The third-order valence-electron chi connectivity index (χ3n) is 5.22. The molecule has 2 heterocycles. The van der Waals surface area contributed by atoms with Crippen molar-refractivity contribution in [3.05, 3.63) is 77.7 Å². The number of carbonyl (C=O) groups is 1. The van der Waals surface area contributed by atoms with Crippen LogP contribution in [0.4, 0.5) is 10.2 Å². The van der Waals surface area contributed by atoms with Crippen molar-refractivity contribution in [2.75, 3.05) is 23.4 Å². The first kappa shape index (κ1) is 22.9. The van der Waals surface area contributed by atoms with Gasteiger partial charge in [0.1, 0.15) is 19.5 Å². The Morgan fingerprint density at radius 3 is 2.73 bits per heavy atom. The van der Waals surface area contributed by atoms with E-state index in [-0.39, 0.29) is 11.7 Å². The van der Waals surface area contributed by atoms with Crippen LogP contribution in [0.15, 0.2) is 60.8 Å². The van der Waals surface area contributed by atoms with Gasteiger partial charge < -0.3 is 10.6 Å². The van der Waals surface area contributed by atoms with Crippen LogP contribution >= 0.6 is 11.8 Å². The van der Waals surface area contributed by atoms with Crippen molar-refractivity contribution in [2.24, 2.45) is 0 Å². The smallest absolute Gasteiger partial charge is 0.251 e. The number of amides is 1. The Balaban J connectivity index is 1.50. The van der Waals surface area contributed by atoms with E-state index in [1.807, 2.05) is 32.1 Å². The van der Waals surface area contributed by atoms with Crippen LogP contribution in [-0.2, 0) is 6.54 Å². The molecule has 0 unspecified atom stereocenters. The fourth-order valence-electron chi connectivity index (χ4n) is 3.46. The van der Waals surface area contributed by atoms with Crippen molar-refractivity contribution in [3.63, 3.8) is 0 Å². The van der Waals surface area contributed by atoms with Gasteiger partial charge in [-0.05, 0) is 41.0 Å². The standard InChI is InChI=1S/C24H25BFN5OS/c1-2-33-12-11-27-24(32)17-9-7-16(8-10-17)14-28-22-13-21(18-5-3-4-6-20(18)26)30-23-19(25)15-29-31(22)23/h3-10,13,15,28H,2,11-12,14,25H2,1H3,(H,27,32). The predicted molar refractivity (Wildman–Crippen MR) is 136 cm³/mol. The Labute approximate surface area is 197 Å². The molecule has 0 aliphatic heterocycles. The first-order valence-electron chi connectivity index (χ1n) is 10.9. The maximum Gasteiger partial charge on any atom is 0.251 e. The molecule has 1 amide bonds. The summed E-state index contributed by atoms with van der Waals surface area (Å²) < 4.78 is 16.1. The van der Waals surface area contributed by atoms with Crippen LogP contribution in [0.25, 0.3) is 16.9 Å². The summed E-state index contributed by atoms with van der Waals surface area (Å²) in [6.07, 6.45) is 1.74. The number of anilines is 1. The molecule has 2 N–H and O–H groups in total. The minimum Gasteiger partial charge on any atom is -0.366 e. The molecule has 0 aliphatic carbocycles. The second kappa shape index (κ2) is 10.5. The highest BCUT2D eigenvalue weighted by Gasteiger charge is 2.13. The Morgan fingerprint density at radius 1 is 1.18 bits per heavy atom. The van der Waals surface area contributed by atoms with E-state index >= 15 is 0 Å². The molecule has 0 bridgehead atoms. The minimum atomic E-state index is -0.320. The molecule has 4 aromatic rings. The maximum atomic E-state index is 14.4. The van der Waals surface area contributed by atoms with E-state index in [4.69, 9.17) is 0 Å². The highest BCUT2D eigenvalue weighted by Crippen LogP contribution is 2.24. The topological polar surface area (TPSA) is 71.3 Å². The minimum absolute atomic E-state index is 0.0661. The van der Waals surface area contributed by atoms with Crippen molar-refractivity contribution in [1.82, 2.24) is 19.9 Å². The van der Waals surface area contributed by atoms with Gasteiger partial charge in [-0.25, -0.2) is 9.37 Å². The van der Waals surface area contributed by atoms with Crippen molar-refractivity contribution in [3.8, 4) is 11.3 Å². The summed E-state index contributed by atoms with van der Waals surface area (Å²) in [5.41, 5.74) is 4.21. The Kier molecular flexibility index (Phi) is 7.29. The molecule has 6 nitrogen and oxygen atoms in total. The molecule has 2 aromatic carbocycles. The SMILES string of the molecule is Bc1cnn2c(NCc3ccc(C(=O)NCCSCC)cc3)cc(-c3ccccc3F)nc12. The first-order chi connectivity index (χ1) is 16.1. The quantitative estimate of drug-likeness (QED) is 0.296. The molecule has 33 heavy (non-hydrogen) atoms. The Morgan fingerprint density at radius 2 is 1.97 bits per heavy atom. The van der Waals surface area contributed by atoms with E-state index < -0.39 is 0 Å². The molecule has 168 valence electrons. The van der Waals surface area contributed by atoms with Crippen molar-refractivity contribution >= 4 is 42.4 Å². The number of hydrogen-bond acceptors (Lipinski definition) is 5. The normalized spacial score (nSPS) is 11.0. The number of aromatic nitrogens is 3. The molecule has 0 saturated heterocycles. The van der Waals surface area contributed by atoms with Crippen LogP contribution in [0.5, 0.6) is 0 Å². The van der Waals surface area contributed by atoms with Crippen molar-refractivity contribution < 1.29 is 9.18 Å². The number of nitrogens with zero attached hydrogens (tertiary/aromatic N) is 3. The number of nitrogens with one attached hydrogen (secondary N) is 2. The zero-order valence-corrected chi connectivity index (χ0v) is 19.5. The number of carbonyl (C=O) groups excluding carboxylic acids is 1.